The molecule has 2 aliphatic heterocycles. The number of Topliss-reactive ketones (excluding diaryl/α,β-unsaturated/α-hetero) is 4. The first-order chi connectivity index (χ1) is 38.2. The molecule has 402 valence electrons. The number of pyridine rings is 2. The van der Waals surface area contributed by atoms with Crippen molar-refractivity contribution in [1.82, 2.24) is 9.97 Å². The van der Waals surface area contributed by atoms with Crippen molar-refractivity contribution in [2.24, 2.45) is 0 Å². The molecule has 0 saturated carbocycles. The van der Waals surface area contributed by atoms with E-state index in [2.05, 4.69) is 112 Å². The van der Waals surface area contributed by atoms with Gasteiger partial charge in [0.2, 0.25) is 0 Å². The molecule has 28 heteroatoms. The Morgan fingerprint density at radius 2 is 0.667 bits per heavy atom. The number of ketones is 4. The van der Waals surface area contributed by atoms with E-state index >= 15 is 0 Å². The molecule has 0 bridgehead atoms. The number of hydrogen-bond acceptors (Lipinski definition) is 10. The molecule has 12 nitrogen and oxygen atoms in total. The Morgan fingerprint density at radius 1 is 0.370 bits per heavy atom. The summed E-state index contributed by atoms with van der Waals surface area (Å²) in [5.41, 5.74) is 0.112. The van der Waals surface area contributed by atoms with Gasteiger partial charge in [0.25, 0.3) is 23.6 Å². The zero-order chi connectivity index (χ0) is 58.3. The first-order valence-corrected chi connectivity index (χ1v) is 31.4. The van der Waals surface area contributed by atoms with Crippen LogP contribution in [0.3, 0.4) is 0 Å². The van der Waals surface area contributed by atoms with Crippen LogP contribution in [0.2, 0.25) is 40.2 Å². The van der Waals surface area contributed by atoms with E-state index in [1.807, 2.05) is 0 Å². The number of anilines is 2. The summed E-state index contributed by atoms with van der Waals surface area (Å²) in [6.07, 6.45) is -0.320. The minimum absolute atomic E-state index is 0.0330. The first-order valence-electron chi connectivity index (χ1n) is 22.8. The number of aromatic nitrogens is 2. The average molecular weight is 1690 g/mol. The lowest BCUT2D eigenvalue weighted by atomic mass is 9.87. The van der Waals surface area contributed by atoms with Crippen molar-refractivity contribution in [2.45, 2.75) is 18.3 Å². The molecule has 81 heavy (non-hydrogen) atoms. The molecule has 1 atom stereocenters. The lowest BCUT2D eigenvalue weighted by Gasteiger charge is -2.24. The van der Waals surface area contributed by atoms with Crippen LogP contribution in [0.1, 0.15) is 117 Å². The van der Waals surface area contributed by atoms with Gasteiger partial charge in [0.15, 0.2) is 23.1 Å². The van der Waals surface area contributed by atoms with E-state index in [1.54, 1.807) is 7.85 Å². The van der Waals surface area contributed by atoms with Gasteiger partial charge in [0.1, 0.15) is 19.7 Å². The van der Waals surface area contributed by atoms with Crippen LogP contribution < -0.4 is 15.3 Å². The van der Waals surface area contributed by atoms with E-state index < -0.39 is 58.6 Å². The van der Waals surface area contributed by atoms with E-state index in [9.17, 15) is 38.4 Å². The van der Waals surface area contributed by atoms with Crippen LogP contribution in [0.15, 0.2) is 79.8 Å². The van der Waals surface area contributed by atoms with Gasteiger partial charge in [-0.2, -0.15) is 0 Å². The summed E-state index contributed by atoms with van der Waals surface area (Å²) in [5.74, 6) is -8.86. The molecule has 0 spiro atoms. The second kappa shape index (κ2) is 20.8. The maximum absolute atomic E-state index is 14.9. The van der Waals surface area contributed by atoms with E-state index in [4.69, 9.17) is 103 Å². The van der Waals surface area contributed by atoms with Gasteiger partial charge in [0, 0.05) is 70.8 Å². The molecule has 12 rings (SSSR count). The highest BCUT2D eigenvalue weighted by Crippen LogP contribution is 2.53. The topological polar surface area (TPSA) is 169 Å². The van der Waals surface area contributed by atoms with Gasteiger partial charge in [-0.25, -0.2) is 9.80 Å². The number of imide groups is 2. The molecule has 2 aliphatic carbocycles. The molecule has 0 fully saturated rings. The van der Waals surface area contributed by atoms with Gasteiger partial charge in [-0.15, -0.1) is 0 Å². The van der Waals surface area contributed by atoms with Crippen LogP contribution in [0.5, 0.6) is 0 Å². The van der Waals surface area contributed by atoms with Crippen LogP contribution in [0, 0.1) is 0 Å². The van der Waals surface area contributed by atoms with Crippen molar-refractivity contribution in [3.05, 3.63) is 187 Å². The highest BCUT2D eigenvalue weighted by molar-refractivity contribution is 9.15. The average Bonchev–Trinajstić information content (AvgIpc) is 4.23. The number of fused-ring (bicyclic) bond motifs is 6. The standard InChI is InChI=1S/C53H14BBr7Cl8N4O8/c54-28-20-21(29(55)33(59)32(28)58)47(75)18(46(20)74)16-7-3-12-14(70-16)5-1-10(44(12)72-50(78)24-25(51(72)79)37(63)41(67)40(66)36(24)62)9-11-2-6-15-13(45(11)73-52(80)26-27(53(73)81)39(65)43(69)42(68)38(26)64)4-8-17(71-15)19-48(76)22-23(49(19)77)31(57)35(61)34(60)30(22)56/h1-8,18-19H,9,54H2/t18-/m0/s1. The molecule has 0 saturated heterocycles. The number of hydrogen-bond donors (Lipinski definition) is 0. The smallest absolute Gasteiger partial charge is 0.267 e. The SMILES string of the molecule is Bc1c(Br)c(Br)c(Br)c2c1C(=O)[C@H](c1ccc3c(N4C(=O)c5c(Cl)c(Cl)c(Cl)c(Cl)c5C4=O)c(Cc4ccc5nc(C6C(=O)c7c(Br)c(Br)c(Br)c(Br)c7C6=O)ccc5c4N4C(=O)c5c(Cl)c(Cl)c(Cl)c(Cl)c5C4=O)ccc3n1)C2=O. The number of rotatable bonds is 6. The number of carbonyl (C=O) groups excluding carboxylic acids is 8. The highest BCUT2D eigenvalue weighted by atomic mass is 79.9. The number of carbonyl (C=O) groups is 8. The van der Waals surface area contributed by atoms with Gasteiger partial charge >= 0.3 is 0 Å². The summed E-state index contributed by atoms with van der Waals surface area (Å²) in [6, 6.07) is 11.9. The van der Waals surface area contributed by atoms with Crippen LogP contribution >= 0.6 is 204 Å². The van der Waals surface area contributed by atoms with Crippen molar-refractivity contribution in [3.63, 3.8) is 0 Å². The third-order valence-electron chi connectivity index (χ3n) is 14.4. The molecule has 2 aromatic heterocycles. The van der Waals surface area contributed by atoms with Crippen LogP contribution in [-0.2, 0) is 6.42 Å². The largest absolute Gasteiger partial charge is 0.293 e. The lowest BCUT2D eigenvalue weighted by Crippen LogP contribution is -2.32. The fourth-order valence-electron chi connectivity index (χ4n) is 10.7. The summed E-state index contributed by atoms with van der Waals surface area (Å²) < 4.78 is 3.10. The molecule has 0 unspecified atom stereocenters. The number of benzene rings is 6. The summed E-state index contributed by atoms with van der Waals surface area (Å²) in [5, 5.41) is -2.37. The van der Waals surface area contributed by atoms with E-state index in [0.29, 0.717) is 36.8 Å². The zero-order valence-electron chi connectivity index (χ0n) is 39.2. The molecule has 4 amide bonds. The highest BCUT2D eigenvalue weighted by Gasteiger charge is 2.49. The van der Waals surface area contributed by atoms with Crippen LogP contribution in [-0.4, -0.2) is 64.6 Å². The summed E-state index contributed by atoms with van der Waals surface area (Å²) in [7, 11) is 1.70. The summed E-state index contributed by atoms with van der Waals surface area (Å²) in [4.78, 5) is 128. The number of amides is 4. The minimum atomic E-state index is -1.42. The Morgan fingerprint density at radius 3 is 1.00 bits per heavy atom. The van der Waals surface area contributed by atoms with Gasteiger partial charge in [-0.1, -0.05) is 126 Å². The molecule has 6 aromatic carbocycles. The maximum atomic E-state index is 14.9. The van der Waals surface area contributed by atoms with Gasteiger partial charge in [-0.3, -0.25) is 48.3 Å². The van der Waals surface area contributed by atoms with Crippen LogP contribution in [0.4, 0.5) is 11.4 Å². The number of nitrogens with zero attached hydrogens (tertiary/aromatic N) is 4. The second-order valence-corrected chi connectivity index (χ2v) is 27.1. The molecule has 4 aliphatic rings. The Hall–Kier alpha value is -3.16. The molecule has 8 aromatic rings. The Bertz CT molecular complexity index is 4120. The van der Waals surface area contributed by atoms with E-state index in [0.717, 1.165) is 9.80 Å². The Balaban J connectivity index is 1.06. The quantitative estimate of drug-likeness (QED) is 0.0513. The summed E-state index contributed by atoms with van der Waals surface area (Å²) in [6.45, 7) is 0. The second-order valence-electron chi connectivity index (χ2n) is 18.5. The van der Waals surface area contributed by atoms with Crippen LogP contribution in [0.25, 0.3) is 21.8 Å². The number of halogens is 15. The monoisotopic (exact) mass is 1680 g/mol. The summed E-state index contributed by atoms with van der Waals surface area (Å²) >= 11 is 76.9. The predicted octanol–water partition coefficient (Wildman–Crippen LogP) is 17.1. The first kappa shape index (κ1) is 58.2. The van der Waals surface area contributed by atoms with Crippen molar-refractivity contribution < 1.29 is 38.4 Å². The molecular formula is C53H14BBr7Cl8N4O8. The van der Waals surface area contributed by atoms with E-state index in [-0.39, 0.29) is 147 Å². The lowest BCUT2D eigenvalue weighted by molar-refractivity contribution is 0.0872. The predicted molar refractivity (Wildman–Crippen MR) is 339 cm³/mol. The van der Waals surface area contributed by atoms with Crippen molar-refractivity contribution in [1.29, 1.82) is 0 Å². The normalized spacial score (nSPS) is 15.9. The molecule has 0 radical (unpaired) electrons. The fraction of sp³-hybridized carbons (Fsp3) is 0.0566. The third kappa shape index (κ3) is 8.22. The van der Waals surface area contributed by atoms with E-state index in [1.165, 1.54) is 48.5 Å². The Labute approximate surface area is 554 Å². The molecular weight excluding hydrogens is 1670 g/mol. The van der Waals surface area contributed by atoms with Gasteiger partial charge in [-0.05, 0) is 143 Å². The molecule has 0 N–H and O–H groups in total. The fourth-order valence-corrected chi connectivity index (χ4v) is 17.0. The van der Waals surface area contributed by atoms with Crippen molar-refractivity contribution >= 4 is 298 Å². The zero-order valence-corrected chi connectivity index (χ0v) is 56.4. The van der Waals surface area contributed by atoms with Gasteiger partial charge < -0.3 is 0 Å². The van der Waals surface area contributed by atoms with Crippen molar-refractivity contribution in [2.75, 3.05) is 9.80 Å². The van der Waals surface area contributed by atoms with Crippen molar-refractivity contribution in [3.8, 4) is 0 Å². The molecule has 4 heterocycles. The van der Waals surface area contributed by atoms with Gasteiger partial charge in [0.05, 0.1) is 96.2 Å². The Kier molecular flexibility index (Phi) is 14.9. The third-order valence-corrected chi connectivity index (χ3v) is 26.4. The minimum Gasteiger partial charge on any atom is -0.293 e. The maximum Gasteiger partial charge on any atom is 0.267 e.